The summed E-state index contributed by atoms with van der Waals surface area (Å²) in [5, 5.41) is 2.49. The van der Waals surface area contributed by atoms with Gasteiger partial charge in [0.25, 0.3) is 0 Å². The van der Waals surface area contributed by atoms with E-state index in [1.54, 1.807) is 12.1 Å². The summed E-state index contributed by atoms with van der Waals surface area (Å²) in [6.45, 7) is 1.04. The minimum absolute atomic E-state index is 0.211. The van der Waals surface area contributed by atoms with Crippen LogP contribution in [0.4, 0.5) is 14.9 Å². The first-order chi connectivity index (χ1) is 6.72. The Kier molecular flexibility index (Phi) is 3.91. The molecule has 0 atom stereocenters. The van der Waals surface area contributed by atoms with Crippen LogP contribution < -0.4 is 5.32 Å². The molecule has 1 N–H and O–H groups in total. The van der Waals surface area contributed by atoms with Crippen LogP contribution in [0, 0.1) is 6.92 Å². The van der Waals surface area contributed by atoms with Gasteiger partial charge in [0.2, 0.25) is 0 Å². The molecule has 0 aliphatic heterocycles. The molecule has 0 aliphatic rings. The number of halogens is 1. The average molecular weight is 197 g/mol. The number of ether oxygens (including phenoxy) is 1. The zero-order valence-corrected chi connectivity index (χ0v) is 7.92. The molecule has 1 amide bonds. The van der Waals surface area contributed by atoms with Crippen molar-refractivity contribution in [1.82, 2.24) is 0 Å². The van der Waals surface area contributed by atoms with E-state index in [0.29, 0.717) is 5.69 Å². The van der Waals surface area contributed by atoms with Crippen LogP contribution in [-0.4, -0.2) is 19.4 Å². The maximum absolute atomic E-state index is 11.7. The molecule has 1 aromatic carbocycles. The van der Waals surface area contributed by atoms with Gasteiger partial charge < -0.3 is 4.74 Å². The Morgan fingerprint density at radius 3 is 3.00 bits per heavy atom. The SMILES string of the molecule is Cc1cccc(NC(=O)OCCF)c1. The van der Waals surface area contributed by atoms with E-state index in [0.717, 1.165) is 5.56 Å². The van der Waals surface area contributed by atoms with Crippen molar-refractivity contribution < 1.29 is 13.9 Å². The van der Waals surface area contributed by atoms with Gasteiger partial charge in [0, 0.05) is 5.69 Å². The minimum atomic E-state index is -0.665. The molecule has 0 fully saturated rings. The highest BCUT2D eigenvalue weighted by atomic mass is 19.1. The number of aryl methyl sites for hydroxylation is 1. The fourth-order valence-corrected chi connectivity index (χ4v) is 1.01. The van der Waals surface area contributed by atoms with Crippen molar-refractivity contribution in [2.45, 2.75) is 6.92 Å². The van der Waals surface area contributed by atoms with Gasteiger partial charge >= 0.3 is 6.09 Å². The summed E-state index contributed by atoms with van der Waals surface area (Å²) >= 11 is 0. The number of anilines is 1. The zero-order chi connectivity index (χ0) is 10.4. The summed E-state index contributed by atoms with van der Waals surface area (Å²) in [5.41, 5.74) is 1.68. The molecule has 0 bridgehead atoms. The standard InChI is InChI=1S/C10H12FNO2/c1-8-3-2-4-9(7-8)12-10(13)14-6-5-11/h2-4,7H,5-6H2,1H3,(H,12,13). The van der Waals surface area contributed by atoms with Gasteiger partial charge in [0.1, 0.15) is 13.3 Å². The first-order valence-electron chi connectivity index (χ1n) is 4.29. The van der Waals surface area contributed by atoms with Gasteiger partial charge in [-0.15, -0.1) is 0 Å². The molecule has 0 radical (unpaired) electrons. The Labute approximate surface area is 81.9 Å². The van der Waals surface area contributed by atoms with E-state index in [-0.39, 0.29) is 6.61 Å². The second kappa shape index (κ2) is 5.21. The molecule has 14 heavy (non-hydrogen) atoms. The van der Waals surface area contributed by atoms with Crippen LogP contribution in [0.15, 0.2) is 24.3 Å². The Morgan fingerprint density at radius 2 is 2.36 bits per heavy atom. The fraction of sp³-hybridized carbons (Fsp3) is 0.300. The van der Waals surface area contributed by atoms with E-state index in [9.17, 15) is 9.18 Å². The molecule has 1 rings (SSSR count). The molecule has 4 heteroatoms. The highest BCUT2D eigenvalue weighted by Crippen LogP contribution is 2.09. The van der Waals surface area contributed by atoms with E-state index >= 15 is 0 Å². The molecule has 3 nitrogen and oxygen atoms in total. The molecule has 1 aromatic rings. The van der Waals surface area contributed by atoms with Gasteiger partial charge in [-0.25, -0.2) is 9.18 Å². The third kappa shape index (κ3) is 3.43. The normalized spacial score (nSPS) is 9.57. The lowest BCUT2D eigenvalue weighted by molar-refractivity contribution is 0.152. The molecule has 0 aliphatic carbocycles. The lowest BCUT2D eigenvalue weighted by atomic mass is 10.2. The second-order valence-corrected chi connectivity index (χ2v) is 2.82. The number of nitrogens with one attached hydrogen (secondary N) is 1. The third-order valence-electron chi connectivity index (χ3n) is 1.57. The largest absolute Gasteiger partial charge is 0.447 e. The summed E-state index contributed by atoms with van der Waals surface area (Å²) in [5.74, 6) is 0. The predicted octanol–water partition coefficient (Wildman–Crippen LogP) is 2.51. The van der Waals surface area contributed by atoms with Crippen molar-refractivity contribution in [2.75, 3.05) is 18.6 Å². The van der Waals surface area contributed by atoms with Crippen molar-refractivity contribution >= 4 is 11.8 Å². The number of carbonyl (C=O) groups is 1. The van der Waals surface area contributed by atoms with E-state index in [2.05, 4.69) is 10.1 Å². The van der Waals surface area contributed by atoms with Crippen molar-refractivity contribution in [2.24, 2.45) is 0 Å². The Morgan fingerprint density at radius 1 is 1.57 bits per heavy atom. The number of alkyl halides is 1. The highest BCUT2D eigenvalue weighted by Gasteiger charge is 2.01. The number of carbonyl (C=O) groups excluding carboxylic acids is 1. The first kappa shape index (κ1) is 10.5. The zero-order valence-electron chi connectivity index (χ0n) is 7.92. The van der Waals surface area contributed by atoms with Crippen LogP contribution in [0.25, 0.3) is 0 Å². The lowest BCUT2D eigenvalue weighted by Gasteiger charge is -2.05. The summed E-state index contributed by atoms with van der Waals surface area (Å²) in [6, 6.07) is 7.28. The Bertz CT molecular complexity index is 315. The topological polar surface area (TPSA) is 38.3 Å². The average Bonchev–Trinajstić information content (AvgIpc) is 2.15. The molecule has 0 heterocycles. The smallest absolute Gasteiger partial charge is 0.411 e. The number of benzene rings is 1. The van der Waals surface area contributed by atoms with Crippen molar-refractivity contribution in [3.05, 3.63) is 29.8 Å². The van der Waals surface area contributed by atoms with Gasteiger partial charge in [0.15, 0.2) is 0 Å². The summed E-state index contributed by atoms with van der Waals surface area (Å²) in [6.07, 6.45) is -0.631. The second-order valence-electron chi connectivity index (χ2n) is 2.82. The van der Waals surface area contributed by atoms with Crippen molar-refractivity contribution in [1.29, 1.82) is 0 Å². The summed E-state index contributed by atoms with van der Waals surface area (Å²) in [4.78, 5) is 11.0. The molecular formula is C10H12FNO2. The van der Waals surface area contributed by atoms with Crippen LogP contribution in [0.2, 0.25) is 0 Å². The van der Waals surface area contributed by atoms with E-state index in [4.69, 9.17) is 0 Å². The fourth-order valence-electron chi connectivity index (χ4n) is 1.01. The highest BCUT2D eigenvalue weighted by molar-refractivity contribution is 5.84. The predicted molar refractivity (Wildman–Crippen MR) is 52.1 cm³/mol. The molecule has 0 unspecified atom stereocenters. The summed E-state index contributed by atoms with van der Waals surface area (Å²) < 4.78 is 16.2. The monoisotopic (exact) mass is 197 g/mol. The lowest BCUT2D eigenvalue weighted by Crippen LogP contribution is -2.14. The molecule has 76 valence electrons. The molecule has 0 saturated heterocycles. The maximum atomic E-state index is 11.7. The molecular weight excluding hydrogens is 185 g/mol. The Hall–Kier alpha value is -1.58. The molecule has 0 aromatic heterocycles. The van der Waals surface area contributed by atoms with Gasteiger partial charge in [-0.3, -0.25) is 5.32 Å². The van der Waals surface area contributed by atoms with E-state index < -0.39 is 12.8 Å². The minimum Gasteiger partial charge on any atom is -0.447 e. The number of hydrogen-bond donors (Lipinski definition) is 1. The van der Waals surface area contributed by atoms with Crippen LogP contribution in [0.1, 0.15) is 5.56 Å². The number of hydrogen-bond acceptors (Lipinski definition) is 2. The van der Waals surface area contributed by atoms with Crippen molar-refractivity contribution in [3.63, 3.8) is 0 Å². The van der Waals surface area contributed by atoms with Crippen LogP contribution in [0.5, 0.6) is 0 Å². The number of amides is 1. The Balaban J connectivity index is 2.47. The quantitative estimate of drug-likeness (QED) is 0.808. The van der Waals surface area contributed by atoms with Gasteiger partial charge in [0.05, 0.1) is 0 Å². The molecule has 0 spiro atoms. The van der Waals surface area contributed by atoms with Crippen LogP contribution >= 0.6 is 0 Å². The van der Waals surface area contributed by atoms with Gasteiger partial charge in [-0.1, -0.05) is 12.1 Å². The van der Waals surface area contributed by atoms with Gasteiger partial charge in [-0.2, -0.15) is 0 Å². The van der Waals surface area contributed by atoms with Gasteiger partial charge in [-0.05, 0) is 24.6 Å². The maximum Gasteiger partial charge on any atom is 0.411 e. The first-order valence-corrected chi connectivity index (χ1v) is 4.29. The molecule has 0 saturated carbocycles. The van der Waals surface area contributed by atoms with Crippen LogP contribution in [0.3, 0.4) is 0 Å². The third-order valence-corrected chi connectivity index (χ3v) is 1.57. The van der Waals surface area contributed by atoms with Crippen LogP contribution in [-0.2, 0) is 4.74 Å². The number of rotatable bonds is 3. The van der Waals surface area contributed by atoms with Crippen molar-refractivity contribution in [3.8, 4) is 0 Å². The van der Waals surface area contributed by atoms with E-state index in [1.807, 2.05) is 19.1 Å². The summed E-state index contributed by atoms with van der Waals surface area (Å²) in [7, 11) is 0. The van der Waals surface area contributed by atoms with E-state index in [1.165, 1.54) is 0 Å².